The van der Waals surface area contributed by atoms with E-state index < -0.39 is 35.1 Å². The van der Waals surface area contributed by atoms with E-state index in [1.54, 1.807) is 0 Å². The summed E-state index contributed by atoms with van der Waals surface area (Å²) < 4.78 is 0.832. The Morgan fingerprint density at radius 3 is 2.47 bits per heavy atom. The van der Waals surface area contributed by atoms with E-state index in [4.69, 9.17) is 5.11 Å². The van der Waals surface area contributed by atoms with Gasteiger partial charge in [0.2, 0.25) is 5.91 Å². The number of carboxylic acids is 1. The number of aromatic amines is 1. The van der Waals surface area contributed by atoms with Crippen LogP contribution in [0.2, 0.25) is 0 Å². The Hall–Kier alpha value is -2.38. The van der Waals surface area contributed by atoms with Gasteiger partial charge in [-0.15, -0.1) is 0 Å². The Balaban J connectivity index is 2.98. The molecular formula is C11H15N3O5. The minimum Gasteiger partial charge on any atom is -0.480 e. The lowest BCUT2D eigenvalue weighted by molar-refractivity contribution is -0.155. The summed E-state index contributed by atoms with van der Waals surface area (Å²) in [4.78, 5) is 46.4. The highest BCUT2D eigenvalue weighted by Gasteiger charge is 2.35. The van der Waals surface area contributed by atoms with Crippen LogP contribution in [-0.2, 0) is 16.1 Å². The molecule has 1 heterocycles. The second-order valence-electron chi connectivity index (χ2n) is 4.55. The molecule has 0 radical (unpaired) electrons. The predicted octanol–water partition coefficient (Wildman–Crippen LogP) is -1.14. The van der Waals surface area contributed by atoms with Crippen LogP contribution in [0, 0.1) is 0 Å². The molecule has 0 atom stereocenters. The molecule has 0 fully saturated rings. The minimum absolute atomic E-state index is 0.428. The van der Waals surface area contributed by atoms with Crippen molar-refractivity contribution in [1.29, 1.82) is 0 Å². The van der Waals surface area contributed by atoms with E-state index in [0.717, 1.165) is 21.7 Å². The van der Waals surface area contributed by atoms with Crippen molar-refractivity contribution in [2.75, 3.05) is 7.05 Å². The third-order valence-electron chi connectivity index (χ3n) is 2.92. The van der Waals surface area contributed by atoms with E-state index in [0.29, 0.717) is 0 Å². The van der Waals surface area contributed by atoms with E-state index in [-0.39, 0.29) is 0 Å². The van der Waals surface area contributed by atoms with Crippen LogP contribution in [0.25, 0.3) is 0 Å². The van der Waals surface area contributed by atoms with Crippen molar-refractivity contribution < 1.29 is 14.7 Å². The number of aromatic nitrogens is 2. The molecule has 1 amide bonds. The quantitative estimate of drug-likeness (QED) is 0.717. The van der Waals surface area contributed by atoms with Crippen LogP contribution in [0.1, 0.15) is 13.8 Å². The standard InChI is InChI=1S/C11H15N3O5/c1-11(2,10(18)19)13(3)9(17)6-14-8(16)5-4-7(15)12-14/h4-5H,6H2,1-3H3,(H,12,15)(H,18,19). The Kier molecular flexibility index (Phi) is 3.93. The Labute approximate surface area is 108 Å². The first kappa shape index (κ1) is 14.7. The van der Waals surface area contributed by atoms with E-state index in [9.17, 15) is 19.2 Å². The number of nitrogens with zero attached hydrogens (tertiary/aromatic N) is 2. The number of amides is 1. The topological polar surface area (TPSA) is 112 Å². The van der Waals surface area contributed by atoms with Gasteiger partial charge >= 0.3 is 5.97 Å². The third-order valence-corrected chi connectivity index (χ3v) is 2.92. The Morgan fingerprint density at radius 1 is 1.37 bits per heavy atom. The van der Waals surface area contributed by atoms with Gasteiger partial charge in [0.15, 0.2) is 0 Å². The second-order valence-corrected chi connectivity index (χ2v) is 4.55. The largest absolute Gasteiger partial charge is 0.480 e. The Bertz CT molecular complexity index is 613. The van der Waals surface area contributed by atoms with Crippen LogP contribution in [0.5, 0.6) is 0 Å². The monoisotopic (exact) mass is 269 g/mol. The maximum atomic E-state index is 11.9. The van der Waals surface area contributed by atoms with Crippen LogP contribution in [0.4, 0.5) is 0 Å². The van der Waals surface area contributed by atoms with Gasteiger partial charge in [-0.3, -0.25) is 19.5 Å². The number of carbonyl (C=O) groups is 2. The zero-order valence-electron chi connectivity index (χ0n) is 10.8. The molecule has 1 aromatic heterocycles. The third kappa shape index (κ3) is 3.09. The molecule has 0 bridgehead atoms. The maximum Gasteiger partial charge on any atom is 0.329 e. The lowest BCUT2D eigenvalue weighted by Crippen LogP contribution is -2.52. The molecule has 0 aliphatic rings. The van der Waals surface area contributed by atoms with Crippen molar-refractivity contribution in [1.82, 2.24) is 14.7 Å². The number of H-pyrrole nitrogens is 1. The summed E-state index contributed by atoms with van der Waals surface area (Å²) in [6, 6.07) is 2.09. The van der Waals surface area contributed by atoms with Gasteiger partial charge in [0.25, 0.3) is 11.1 Å². The van der Waals surface area contributed by atoms with Gasteiger partial charge in [-0.2, -0.15) is 0 Å². The van der Waals surface area contributed by atoms with Gasteiger partial charge in [-0.25, -0.2) is 9.48 Å². The lowest BCUT2D eigenvalue weighted by Gasteiger charge is -2.31. The van der Waals surface area contributed by atoms with Crippen molar-refractivity contribution in [2.24, 2.45) is 0 Å². The summed E-state index contributed by atoms with van der Waals surface area (Å²) in [7, 11) is 1.32. The van der Waals surface area contributed by atoms with Gasteiger partial charge in [-0.1, -0.05) is 0 Å². The first-order valence-corrected chi connectivity index (χ1v) is 5.46. The first-order valence-electron chi connectivity index (χ1n) is 5.46. The fourth-order valence-corrected chi connectivity index (χ4v) is 1.28. The fraction of sp³-hybridized carbons (Fsp3) is 0.455. The number of nitrogens with one attached hydrogen (secondary N) is 1. The SMILES string of the molecule is CN(C(=O)Cn1[nH]c(=O)ccc1=O)C(C)(C)C(=O)O. The molecule has 104 valence electrons. The van der Waals surface area contributed by atoms with Gasteiger partial charge in [0, 0.05) is 19.2 Å². The lowest BCUT2D eigenvalue weighted by atomic mass is 10.0. The normalized spacial score (nSPS) is 11.1. The van der Waals surface area contributed by atoms with E-state index >= 15 is 0 Å². The molecule has 19 heavy (non-hydrogen) atoms. The molecule has 8 heteroatoms. The number of hydrogen-bond acceptors (Lipinski definition) is 4. The van der Waals surface area contributed by atoms with E-state index in [2.05, 4.69) is 5.10 Å². The van der Waals surface area contributed by atoms with Crippen molar-refractivity contribution in [3.05, 3.63) is 32.8 Å². The molecule has 0 saturated heterocycles. The molecule has 0 spiro atoms. The summed E-state index contributed by atoms with van der Waals surface area (Å²) in [5.41, 5.74) is -2.47. The molecule has 0 saturated carbocycles. The molecular weight excluding hydrogens is 254 g/mol. The van der Waals surface area contributed by atoms with Crippen molar-refractivity contribution in [2.45, 2.75) is 25.9 Å². The fourth-order valence-electron chi connectivity index (χ4n) is 1.28. The molecule has 0 aromatic carbocycles. The van der Waals surface area contributed by atoms with E-state index in [1.165, 1.54) is 20.9 Å². The zero-order valence-corrected chi connectivity index (χ0v) is 10.8. The van der Waals surface area contributed by atoms with Gasteiger partial charge in [0.1, 0.15) is 12.1 Å². The maximum absolute atomic E-state index is 11.9. The van der Waals surface area contributed by atoms with Crippen molar-refractivity contribution in [3.8, 4) is 0 Å². The molecule has 8 nitrogen and oxygen atoms in total. The van der Waals surface area contributed by atoms with Crippen LogP contribution < -0.4 is 11.1 Å². The summed E-state index contributed by atoms with van der Waals surface area (Å²) in [5, 5.41) is 11.2. The van der Waals surface area contributed by atoms with Gasteiger partial charge in [-0.05, 0) is 13.8 Å². The Morgan fingerprint density at radius 2 is 1.95 bits per heavy atom. The molecule has 1 aromatic rings. The number of carbonyl (C=O) groups excluding carboxylic acids is 1. The average molecular weight is 269 g/mol. The number of rotatable bonds is 4. The minimum atomic E-state index is -1.41. The van der Waals surface area contributed by atoms with E-state index in [1.807, 2.05) is 0 Å². The van der Waals surface area contributed by atoms with Crippen molar-refractivity contribution in [3.63, 3.8) is 0 Å². The molecule has 0 aliphatic heterocycles. The van der Waals surface area contributed by atoms with Crippen LogP contribution in [0.15, 0.2) is 21.7 Å². The summed E-state index contributed by atoms with van der Waals surface area (Å²) in [6.07, 6.45) is 0. The smallest absolute Gasteiger partial charge is 0.329 e. The summed E-state index contributed by atoms with van der Waals surface area (Å²) in [6.45, 7) is 2.30. The molecule has 0 aliphatic carbocycles. The molecule has 0 unspecified atom stereocenters. The van der Waals surface area contributed by atoms with Crippen molar-refractivity contribution >= 4 is 11.9 Å². The highest BCUT2D eigenvalue weighted by Crippen LogP contribution is 2.12. The average Bonchev–Trinajstić information content (AvgIpc) is 2.32. The summed E-state index contributed by atoms with van der Waals surface area (Å²) >= 11 is 0. The summed E-state index contributed by atoms with van der Waals surface area (Å²) in [5.74, 6) is -1.77. The van der Waals surface area contributed by atoms with Crippen LogP contribution in [-0.4, -0.2) is 44.3 Å². The number of carboxylic acid groups (broad SMARTS) is 1. The van der Waals surface area contributed by atoms with Gasteiger partial charge in [0.05, 0.1) is 0 Å². The highest BCUT2D eigenvalue weighted by atomic mass is 16.4. The van der Waals surface area contributed by atoms with Crippen LogP contribution in [0.3, 0.4) is 0 Å². The zero-order chi connectivity index (χ0) is 14.8. The highest BCUT2D eigenvalue weighted by molar-refractivity contribution is 5.86. The predicted molar refractivity (Wildman–Crippen MR) is 65.8 cm³/mol. The molecule has 2 N–H and O–H groups in total. The number of aliphatic carboxylic acids is 1. The second kappa shape index (κ2) is 5.09. The van der Waals surface area contributed by atoms with Crippen LogP contribution >= 0.6 is 0 Å². The van der Waals surface area contributed by atoms with Gasteiger partial charge < -0.3 is 10.0 Å². The molecule has 1 rings (SSSR count). The first-order chi connectivity index (χ1) is 8.66. The number of hydrogen-bond donors (Lipinski definition) is 2. The number of likely N-dealkylation sites (N-methyl/N-ethyl adjacent to an activating group) is 1.